The number of halogens is 1. The van der Waals surface area contributed by atoms with Crippen molar-refractivity contribution in [2.24, 2.45) is 0 Å². The molecule has 0 aromatic heterocycles. The van der Waals surface area contributed by atoms with Crippen molar-refractivity contribution in [3.05, 3.63) is 64.3 Å². The Balaban J connectivity index is 2.02. The minimum atomic E-state index is -0.380. The zero-order chi connectivity index (χ0) is 21.1. The van der Waals surface area contributed by atoms with Crippen LogP contribution in [0.3, 0.4) is 0 Å². The SMILES string of the molecule is COc1ccc(C2=C(SC(C)C)C(=O)N(Cc3ccc(F)cc3)C2=O)cc1OC. The summed E-state index contributed by atoms with van der Waals surface area (Å²) in [6, 6.07) is 10.9. The Morgan fingerprint density at radius 1 is 0.966 bits per heavy atom. The molecule has 0 saturated carbocycles. The van der Waals surface area contributed by atoms with E-state index in [2.05, 4.69) is 0 Å². The van der Waals surface area contributed by atoms with Gasteiger partial charge in [-0.05, 0) is 35.4 Å². The molecule has 29 heavy (non-hydrogen) atoms. The van der Waals surface area contributed by atoms with E-state index in [-0.39, 0.29) is 29.4 Å². The van der Waals surface area contributed by atoms with Crippen LogP contribution in [0.1, 0.15) is 25.0 Å². The van der Waals surface area contributed by atoms with Gasteiger partial charge in [0, 0.05) is 5.25 Å². The zero-order valence-electron chi connectivity index (χ0n) is 16.7. The molecular weight excluding hydrogens is 393 g/mol. The van der Waals surface area contributed by atoms with E-state index in [1.54, 1.807) is 30.3 Å². The van der Waals surface area contributed by atoms with Crippen molar-refractivity contribution < 1.29 is 23.5 Å². The van der Waals surface area contributed by atoms with Gasteiger partial charge in [0.1, 0.15) is 5.82 Å². The minimum absolute atomic E-state index is 0.0802. The lowest BCUT2D eigenvalue weighted by Crippen LogP contribution is -2.31. The minimum Gasteiger partial charge on any atom is -0.493 e. The van der Waals surface area contributed by atoms with Gasteiger partial charge in [-0.2, -0.15) is 0 Å². The maximum atomic E-state index is 13.2. The summed E-state index contributed by atoms with van der Waals surface area (Å²) in [4.78, 5) is 27.9. The maximum absolute atomic E-state index is 13.2. The summed E-state index contributed by atoms with van der Waals surface area (Å²) in [5, 5.41) is 0.114. The molecule has 3 rings (SSSR count). The number of hydrogen-bond acceptors (Lipinski definition) is 5. The topological polar surface area (TPSA) is 55.8 Å². The smallest absolute Gasteiger partial charge is 0.268 e. The molecule has 0 saturated heterocycles. The highest BCUT2D eigenvalue weighted by Crippen LogP contribution is 2.40. The van der Waals surface area contributed by atoms with Crippen LogP contribution < -0.4 is 9.47 Å². The quantitative estimate of drug-likeness (QED) is 0.633. The van der Waals surface area contributed by atoms with E-state index < -0.39 is 0 Å². The van der Waals surface area contributed by atoms with Crippen LogP contribution >= 0.6 is 11.8 Å². The second kappa shape index (κ2) is 8.69. The summed E-state index contributed by atoms with van der Waals surface area (Å²) in [6.45, 7) is 4.01. The number of methoxy groups -OCH3 is 2. The maximum Gasteiger partial charge on any atom is 0.268 e. The van der Waals surface area contributed by atoms with Gasteiger partial charge in [-0.1, -0.05) is 32.0 Å². The number of rotatable bonds is 7. The van der Waals surface area contributed by atoms with E-state index in [9.17, 15) is 14.0 Å². The number of carbonyl (C=O) groups is 2. The molecule has 152 valence electrons. The molecule has 2 aromatic rings. The molecule has 0 spiro atoms. The van der Waals surface area contributed by atoms with E-state index in [0.717, 1.165) is 0 Å². The van der Waals surface area contributed by atoms with Gasteiger partial charge in [-0.25, -0.2) is 4.39 Å². The average Bonchev–Trinajstić information content (AvgIpc) is 2.92. The molecular formula is C22H22FNO4S. The Bertz CT molecular complexity index is 969. The van der Waals surface area contributed by atoms with Gasteiger partial charge in [-0.15, -0.1) is 11.8 Å². The van der Waals surface area contributed by atoms with Crippen LogP contribution in [0.15, 0.2) is 47.4 Å². The predicted molar refractivity (Wildman–Crippen MR) is 111 cm³/mol. The summed E-state index contributed by atoms with van der Waals surface area (Å²) < 4.78 is 23.8. The second-order valence-electron chi connectivity index (χ2n) is 6.76. The largest absolute Gasteiger partial charge is 0.493 e. The van der Waals surface area contributed by atoms with Crippen molar-refractivity contribution in [3.63, 3.8) is 0 Å². The van der Waals surface area contributed by atoms with Crippen LogP contribution in [0.25, 0.3) is 5.57 Å². The van der Waals surface area contributed by atoms with E-state index in [1.165, 1.54) is 43.0 Å². The van der Waals surface area contributed by atoms with Crippen molar-refractivity contribution in [1.82, 2.24) is 4.90 Å². The van der Waals surface area contributed by atoms with Gasteiger partial charge in [-0.3, -0.25) is 14.5 Å². The first-order valence-electron chi connectivity index (χ1n) is 9.09. The predicted octanol–water partition coefficient (Wildman–Crippen LogP) is 4.26. The highest BCUT2D eigenvalue weighted by atomic mass is 32.2. The number of nitrogens with zero attached hydrogens (tertiary/aromatic N) is 1. The molecule has 0 aliphatic carbocycles. The Morgan fingerprint density at radius 2 is 1.62 bits per heavy atom. The standard InChI is InChI=1S/C22H22FNO4S/c1-13(2)29-20-19(15-7-10-17(27-3)18(11-15)28-4)21(25)24(22(20)26)12-14-5-8-16(23)9-6-14/h5-11,13H,12H2,1-4H3. The van der Waals surface area contributed by atoms with Crippen molar-refractivity contribution >= 4 is 29.1 Å². The fourth-order valence-corrected chi connectivity index (χ4v) is 4.07. The van der Waals surface area contributed by atoms with Gasteiger partial charge in [0.05, 0.1) is 31.2 Å². The first-order chi connectivity index (χ1) is 13.8. The third-order valence-electron chi connectivity index (χ3n) is 4.41. The van der Waals surface area contributed by atoms with Crippen LogP contribution in [0.5, 0.6) is 11.5 Å². The summed E-state index contributed by atoms with van der Waals surface area (Å²) in [5.74, 6) is -0.0796. The Labute approximate surface area is 173 Å². The Morgan fingerprint density at radius 3 is 2.21 bits per heavy atom. The number of thioether (sulfide) groups is 1. The van der Waals surface area contributed by atoms with Crippen LogP contribution in [0.2, 0.25) is 0 Å². The molecule has 0 N–H and O–H groups in total. The van der Waals surface area contributed by atoms with Gasteiger partial charge in [0.15, 0.2) is 11.5 Å². The lowest BCUT2D eigenvalue weighted by Gasteiger charge is -2.15. The third-order valence-corrected chi connectivity index (χ3v) is 5.49. The normalized spacial score (nSPS) is 14.2. The Hall–Kier alpha value is -2.80. The molecule has 2 aromatic carbocycles. The molecule has 0 atom stereocenters. The lowest BCUT2D eigenvalue weighted by molar-refractivity contribution is -0.137. The van der Waals surface area contributed by atoms with Gasteiger partial charge in [0.25, 0.3) is 11.8 Å². The first-order valence-corrected chi connectivity index (χ1v) is 9.97. The van der Waals surface area contributed by atoms with Crippen molar-refractivity contribution in [1.29, 1.82) is 0 Å². The molecule has 1 heterocycles. The van der Waals surface area contributed by atoms with Crippen molar-refractivity contribution in [2.75, 3.05) is 14.2 Å². The van der Waals surface area contributed by atoms with E-state index in [4.69, 9.17) is 9.47 Å². The number of ether oxygens (including phenoxy) is 2. The molecule has 1 aliphatic rings. The van der Waals surface area contributed by atoms with E-state index in [1.807, 2.05) is 13.8 Å². The molecule has 5 nitrogen and oxygen atoms in total. The molecule has 0 unspecified atom stereocenters. The van der Waals surface area contributed by atoms with Crippen LogP contribution in [-0.4, -0.2) is 36.2 Å². The Kier molecular flexibility index (Phi) is 6.27. The number of hydrogen-bond donors (Lipinski definition) is 0. The lowest BCUT2D eigenvalue weighted by atomic mass is 10.1. The molecule has 1 aliphatic heterocycles. The van der Waals surface area contributed by atoms with E-state index >= 15 is 0 Å². The molecule has 2 amide bonds. The van der Waals surface area contributed by atoms with Crippen molar-refractivity contribution in [3.8, 4) is 11.5 Å². The van der Waals surface area contributed by atoms with Gasteiger partial charge < -0.3 is 9.47 Å². The molecule has 0 fully saturated rings. The third kappa shape index (κ3) is 4.29. The number of carbonyl (C=O) groups excluding carboxylic acids is 2. The monoisotopic (exact) mass is 415 g/mol. The fourth-order valence-electron chi connectivity index (χ4n) is 3.06. The van der Waals surface area contributed by atoms with Crippen molar-refractivity contribution in [2.45, 2.75) is 25.6 Å². The highest BCUT2D eigenvalue weighted by Gasteiger charge is 2.39. The number of benzene rings is 2. The summed E-state index contributed by atoms with van der Waals surface area (Å²) >= 11 is 1.35. The molecule has 0 radical (unpaired) electrons. The summed E-state index contributed by atoms with van der Waals surface area (Å²) in [5.41, 5.74) is 1.61. The average molecular weight is 415 g/mol. The van der Waals surface area contributed by atoms with Crippen LogP contribution in [-0.2, 0) is 16.1 Å². The number of amides is 2. The van der Waals surface area contributed by atoms with Gasteiger partial charge >= 0.3 is 0 Å². The summed E-state index contributed by atoms with van der Waals surface area (Å²) in [7, 11) is 3.05. The molecule has 7 heteroatoms. The fraction of sp³-hybridized carbons (Fsp3) is 0.273. The van der Waals surface area contributed by atoms with Crippen LogP contribution in [0.4, 0.5) is 4.39 Å². The van der Waals surface area contributed by atoms with E-state index in [0.29, 0.717) is 33.1 Å². The molecule has 0 bridgehead atoms. The zero-order valence-corrected chi connectivity index (χ0v) is 17.5. The first kappa shape index (κ1) is 20.9. The summed E-state index contributed by atoms with van der Waals surface area (Å²) in [6.07, 6.45) is 0. The highest BCUT2D eigenvalue weighted by molar-refractivity contribution is 8.04. The number of imide groups is 1. The van der Waals surface area contributed by atoms with Gasteiger partial charge in [0.2, 0.25) is 0 Å². The second-order valence-corrected chi connectivity index (χ2v) is 8.35. The van der Waals surface area contributed by atoms with Crippen LogP contribution in [0, 0.1) is 5.82 Å².